The van der Waals surface area contributed by atoms with Gasteiger partial charge < -0.3 is 10.2 Å². The maximum atomic E-state index is 15.0. The second kappa shape index (κ2) is 11.2. The highest BCUT2D eigenvalue weighted by Gasteiger charge is 2.74. The van der Waals surface area contributed by atoms with Crippen molar-refractivity contribution >= 4 is 48.0 Å². The molecule has 2 spiro atoms. The highest BCUT2D eigenvalue weighted by atomic mass is 32.2. The third-order valence-electron chi connectivity index (χ3n) is 14.7. The second-order valence-corrected chi connectivity index (χ2v) is 20.0. The molecule has 1 heterocycles. The molecule has 6 aliphatic carbocycles. The molecular weight excluding hydrogens is 675 g/mol. The fraction of sp³-hybridized carbons (Fsp3) is 0.465. The van der Waals surface area contributed by atoms with Crippen LogP contribution in [0.3, 0.4) is 0 Å². The summed E-state index contributed by atoms with van der Waals surface area (Å²) < 4.78 is 29.7. The number of hydrogen-bond donors (Lipinski definition) is 2. The minimum absolute atomic E-state index is 0.00320. The van der Waals surface area contributed by atoms with Crippen LogP contribution in [0.1, 0.15) is 74.0 Å². The molecule has 3 aromatic carbocycles. The van der Waals surface area contributed by atoms with Gasteiger partial charge in [-0.2, -0.15) is 4.31 Å². The van der Waals surface area contributed by atoms with Crippen molar-refractivity contribution < 1.29 is 23.4 Å². The van der Waals surface area contributed by atoms with Crippen LogP contribution in [0.25, 0.3) is 20.9 Å². The van der Waals surface area contributed by atoms with Crippen molar-refractivity contribution in [2.75, 3.05) is 12.8 Å². The molecule has 2 bridgehead atoms. The lowest BCUT2D eigenvalue weighted by Gasteiger charge is -2.71. The van der Waals surface area contributed by atoms with Crippen LogP contribution in [0.5, 0.6) is 0 Å². The summed E-state index contributed by atoms with van der Waals surface area (Å²) in [6, 6.07) is 24.1. The maximum absolute atomic E-state index is 15.0. The molecule has 3 saturated carbocycles. The molecule has 8 atom stereocenters. The number of thiophene rings is 1. The molecule has 2 N–H and O–H groups in total. The molecule has 10 rings (SSSR count). The standard InChI is InChI=1S/C43H47NO5S2/c1-39-18-15-31(45)24-41(39)21-22-43(33(25-41)38(46)35-23-29-10-5-7-14-34(29)50-35)36(39)16-19-40(2)37(43)17-20-42(40,47)27-44(51(3,48)49)26-30-12-8-11-28-9-4-6-13-32(28)30/h4-14,21-23,25,31,36-37,45,47H,15-20,24,26-27H2,1-3H3. The van der Waals surface area contributed by atoms with Crippen molar-refractivity contribution in [1.29, 1.82) is 0 Å². The fourth-order valence-electron chi connectivity index (χ4n) is 12.0. The lowest BCUT2D eigenvalue weighted by molar-refractivity contribution is -0.173. The van der Waals surface area contributed by atoms with Gasteiger partial charge in [-0.15, -0.1) is 11.3 Å². The molecule has 0 amide bonds. The third-order valence-corrected chi connectivity index (χ3v) is 17.1. The Balaban J connectivity index is 1.14. The maximum Gasteiger partial charge on any atom is 0.211 e. The quantitative estimate of drug-likeness (QED) is 0.148. The summed E-state index contributed by atoms with van der Waals surface area (Å²) in [5.74, 6) is 0.166. The first-order valence-corrected chi connectivity index (χ1v) is 21.2. The van der Waals surface area contributed by atoms with E-state index in [-0.39, 0.29) is 36.1 Å². The number of nitrogens with zero attached hydrogens (tertiary/aromatic N) is 1. The smallest absolute Gasteiger partial charge is 0.211 e. The number of allylic oxidation sites excluding steroid dienone is 4. The Hall–Kier alpha value is -3.14. The Morgan fingerprint density at radius 1 is 0.882 bits per heavy atom. The molecule has 0 saturated heterocycles. The van der Waals surface area contributed by atoms with Gasteiger partial charge in [-0.1, -0.05) is 92.7 Å². The van der Waals surface area contributed by atoms with Crippen LogP contribution >= 0.6 is 11.3 Å². The van der Waals surface area contributed by atoms with Gasteiger partial charge in [0, 0.05) is 39.6 Å². The van der Waals surface area contributed by atoms with Crippen molar-refractivity contribution in [1.82, 2.24) is 4.31 Å². The number of aliphatic hydroxyl groups is 2. The molecule has 6 nitrogen and oxygen atoms in total. The van der Waals surface area contributed by atoms with Gasteiger partial charge in [0.25, 0.3) is 0 Å². The van der Waals surface area contributed by atoms with Gasteiger partial charge in [0.2, 0.25) is 10.0 Å². The number of benzene rings is 3. The van der Waals surface area contributed by atoms with Gasteiger partial charge >= 0.3 is 0 Å². The van der Waals surface area contributed by atoms with Crippen molar-refractivity contribution in [3.05, 3.63) is 107 Å². The van der Waals surface area contributed by atoms with E-state index in [1.807, 2.05) is 60.7 Å². The molecule has 3 fully saturated rings. The van der Waals surface area contributed by atoms with E-state index < -0.39 is 38.0 Å². The number of fused-ring (bicyclic) bond motifs is 3. The van der Waals surface area contributed by atoms with Crippen LogP contribution in [0.4, 0.5) is 0 Å². The number of sulfonamides is 1. The zero-order valence-corrected chi connectivity index (χ0v) is 31.3. The van der Waals surface area contributed by atoms with Gasteiger partial charge in [-0.25, -0.2) is 8.42 Å². The normalized spacial score (nSPS) is 37.0. The molecule has 266 valence electrons. The Kier molecular flexibility index (Phi) is 7.39. The van der Waals surface area contributed by atoms with Crippen LogP contribution in [-0.2, 0) is 16.6 Å². The Labute approximate surface area is 304 Å². The van der Waals surface area contributed by atoms with Crippen molar-refractivity contribution in [2.24, 2.45) is 33.5 Å². The molecule has 0 radical (unpaired) electrons. The van der Waals surface area contributed by atoms with E-state index in [0.29, 0.717) is 19.3 Å². The van der Waals surface area contributed by atoms with E-state index in [1.165, 1.54) is 21.9 Å². The summed E-state index contributed by atoms with van der Waals surface area (Å²) >= 11 is 1.54. The SMILES string of the molecule is CC12CCC(O)CC13C=CC1(C(C(=O)c4cc5ccccc5s4)=C3)C2CCC2(C)C1CCC2(O)CN(Cc1cccc2ccccc12)S(C)(=O)=O. The molecule has 1 aromatic heterocycles. The van der Waals surface area contributed by atoms with Gasteiger partial charge in [0.15, 0.2) is 5.78 Å². The molecule has 8 unspecified atom stereocenters. The lowest BCUT2D eigenvalue weighted by Crippen LogP contribution is -2.67. The lowest BCUT2D eigenvalue weighted by atomic mass is 9.32. The minimum Gasteiger partial charge on any atom is -0.393 e. The van der Waals surface area contributed by atoms with Crippen LogP contribution in [-0.4, -0.2) is 53.2 Å². The minimum atomic E-state index is -3.69. The van der Waals surface area contributed by atoms with Crippen LogP contribution in [0, 0.1) is 33.5 Å². The second-order valence-electron chi connectivity index (χ2n) is 17.0. The predicted molar refractivity (Wildman–Crippen MR) is 204 cm³/mol. The summed E-state index contributed by atoms with van der Waals surface area (Å²) in [6.07, 6.45) is 12.7. The topological polar surface area (TPSA) is 94.9 Å². The summed E-state index contributed by atoms with van der Waals surface area (Å²) in [6.45, 7) is 4.74. The fourth-order valence-corrected chi connectivity index (χ4v) is 13.9. The summed E-state index contributed by atoms with van der Waals surface area (Å²) in [5.41, 5.74) is -1.35. The number of hydrogen-bond acceptors (Lipinski definition) is 6. The van der Waals surface area contributed by atoms with Gasteiger partial charge in [-0.05, 0) is 96.1 Å². The molecular formula is C43H47NO5S2. The summed E-state index contributed by atoms with van der Waals surface area (Å²) in [7, 11) is -3.69. The van der Waals surface area contributed by atoms with E-state index in [9.17, 15) is 18.6 Å². The van der Waals surface area contributed by atoms with Gasteiger partial charge in [0.1, 0.15) is 0 Å². The van der Waals surface area contributed by atoms with Crippen molar-refractivity contribution in [3.63, 3.8) is 0 Å². The third kappa shape index (κ3) is 4.62. The van der Waals surface area contributed by atoms with Crippen LogP contribution in [0.15, 0.2) is 96.6 Å². The largest absolute Gasteiger partial charge is 0.393 e. The van der Waals surface area contributed by atoms with Gasteiger partial charge in [0.05, 0.1) is 22.8 Å². The van der Waals surface area contributed by atoms with Crippen LogP contribution < -0.4 is 0 Å². The molecule has 4 aromatic rings. The summed E-state index contributed by atoms with van der Waals surface area (Å²) in [5, 5.41) is 27.2. The number of carbonyl (C=O) groups is 1. The van der Waals surface area contributed by atoms with Gasteiger partial charge in [-0.3, -0.25) is 4.79 Å². The van der Waals surface area contributed by atoms with E-state index in [0.717, 1.165) is 62.6 Å². The average molecular weight is 722 g/mol. The van der Waals surface area contributed by atoms with E-state index in [2.05, 4.69) is 44.2 Å². The zero-order valence-electron chi connectivity index (χ0n) is 29.6. The number of Topliss-reactive ketones (excluding diaryl/α,β-unsaturated/α-hetero) is 1. The molecule has 51 heavy (non-hydrogen) atoms. The van der Waals surface area contributed by atoms with Crippen LogP contribution in [0.2, 0.25) is 0 Å². The first-order chi connectivity index (χ1) is 24.2. The molecule has 0 aliphatic heterocycles. The average Bonchev–Trinajstić information content (AvgIpc) is 3.66. The Bertz CT molecular complexity index is 2240. The highest BCUT2D eigenvalue weighted by Crippen LogP contribution is 2.78. The number of aliphatic hydroxyl groups excluding tert-OH is 1. The number of ketones is 1. The van der Waals surface area contributed by atoms with E-state index in [1.54, 1.807) is 0 Å². The molecule has 8 heteroatoms. The predicted octanol–water partition coefficient (Wildman–Crippen LogP) is 8.29. The number of carbonyl (C=O) groups excluding carboxylic acids is 1. The first kappa shape index (κ1) is 33.7. The monoisotopic (exact) mass is 721 g/mol. The Morgan fingerprint density at radius 2 is 1.57 bits per heavy atom. The molecule has 6 aliphatic rings. The summed E-state index contributed by atoms with van der Waals surface area (Å²) in [4.78, 5) is 15.8. The zero-order chi connectivity index (χ0) is 35.6. The van der Waals surface area contributed by atoms with E-state index >= 15 is 4.79 Å². The Morgan fingerprint density at radius 3 is 2.35 bits per heavy atom. The van der Waals surface area contributed by atoms with Crippen molar-refractivity contribution in [3.8, 4) is 0 Å². The van der Waals surface area contributed by atoms with E-state index in [4.69, 9.17) is 0 Å². The van der Waals surface area contributed by atoms with Crippen molar-refractivity contribution in [2.45, 2.75) is 77.0 Å². The highest BCUT2D eigenvalue weighted by molar-refractivity contribution is 7.88. The number of rotatable bonds is 7. The first-order valence-electron chi connectivity index (χ1n) is 18.5.